The van der Waals surface area contributed by atoms with Crippen LogP contribution in [0.15, 0.2) is 48.9 Å². The number of benzene rings is 1. The lowest BCUT2D eigenvalue weighted by molar-refractivity contribution is -0.136. The summed E-state index contributed by atoms with van der Waals surface area (Å²) in [6.07, 6.45) is 12.1. The number of nitrogens with two attached hydrogens (primary N) is 1. The first-order valence-electron chi connectivity index (χ1n) is 11.7. The van der Waals surface area contributed by atoms with Crippen LogP contribution in [0, 0.1) is 5.92 Å². The lowest BCUT2D eigenvalue weighted by Crippen LogP contribution is -2.41. The van der Waals surface area contributed by atoms with E-state index < -0.39 is 0 Å². The van der Waals surface area contributed by atoms with Crippen molar-refractivity contribution >= 4 is 28.1 Å². The normalized spacial score (nSPS) is 18.2. The molecule has 2 N–H and O–H groups in total. The molecular weight excluding hydrogens is 400 g/mol. The van der Waals surface area contributed by atoms with E-state index in [0.717, 1.165) is 66.8 Å². The summed E-state index contributed by atoms with van der Waals surface area (Å²) in [5, 5.41) is 1.16. The summed E-state index contributed by atoms with van der Waals surface area (Å²) in [7, 11) is 0. The minimum Gasteiger partial charge on any atom is -0.382 e. The Bertz CT molecular complexity index is 1290. The Balaban J connectivity index is 1.34. The Morgan fingerprint density at radius 2 is 1.78 bits per heavy atom. The number of amides is 1. The van der Waals surface area contributed by atoms with E-state index in [2.05, 4.69) is 37.1 Å². The highest BCUT2D eigenvalue weighted by Crippen LogP contribution is 2.34. The molecule has 7 heteroatoms. The third-order valence-electron chi connectivity index (χ3n) is 7.30. The standard InChI is InChI=1S/C25H28N6O/c26-22-21-24(30-15-11-17-5-3-4-8-20(17)30)28-23(31(21)16-12-27-22)18-9-13-29(14-10-18)25(32)19-6-1-2-7-19/h3-5,8,11-12,15-16,18-19H,1-2,6-7,9-10,13-14H2,(H2,26,27). The third-order valence-corrected chi connectivity index (χ3v) is 7.30. The van der Waals surface area contributed by atoms with Crippen LogP contribution in [0.2, 0.25) is 0 Å². The van der Waals surface area contributed by atoms with Gasteiger partial charge in [0, 0.05) is 43.5 Å². The van der Waals surface area contributed by atoms with Gasteiger partial charge in [-0.3, -0.25) is 13.8 Å². The molecule has 1 aliphatic carbocycles. The van der Waals surface area contributed by atoms with Gasteiger partial charge in [0.2, 0.25) is 5.91 Å². The first-order chi connectivity index (χ1) is 15.7. The van der Waals surface area contributed by atoms with E-state index >= 15 is 0 Å². The van der Waals surface area contributed by atoms with E-state index in [9.17, 15) is 4.79 Å². The molecule has 4 heterocycles. The molecule has 32 heavy (non-hydrogen) atoms. The van der Waals surface area contributed by atoms with Crippen LogP contribution in [-0.2, 0) is 4.79 Å². The number of para-hydroxylation sites is 1. The number of carbonyl (C=O) groups is 1. The van der Waals surface area contributed by atoms with Crippen LogP contribution in [-0.4, -0.2) is 42.8 Å². The van der Waals surface area contributed by atoms with E-state index in [-0.39, 0.29) is 11.8 Å². The molecular formula is C25H28N6O. The van der Waals surface area contributed by atoms with E-state index in [1.165, 1.54) is 12.8 Å². The number of anilines is 1. The molecule has 1 aliphatic heterocycles. The van der Waals surface area contributed by atoms with Gasteiger partial charge in [-0.15, -0.1) is 0 Å². The second-order valence-electron chi connectivity index (χ2n) is 9.15. The first-order valence-corrected chi connectivity index (χ1v) is 11.7. The minimum atomic E-state index is 0.248. The van der Waals surface area contributed by atoms with Crippen LogP contribution < -0.4 is 5.73 Å². The number of hydrogen-bond donors (Lipinski definition) is 1. The summed E-state index contributed by atoms with van der Waals surface area (Å²) in [4.78, 5) is 24.4. The molecule has 0 bridgehead atoms. The Morgan fingerprint density at radius 3 is 2.59 bits per heavy atom. The molecule has 0 atom stereocenters. The lowest BCUT2D eigenvalue weighted by atomic mass is 9.94. The van der Waals surface area contributed by atoms with Crippen LogP contribution in [0.5, 0.6) is 0 Å². The van der Waals surface area contributed by atoms with Crippen LogP contribution >= 0.6 is 0 Å². The molecule has 4 aromatic rings. The number of aromatic nitrogens is 4. The van der Waals surface area contributed by atoms with Crippen LogP contribution in [0.1, 0.15) is 50.3 Å². The Labute approximate surface area is 186 Å². The van der Waals surface area contributed by atoms with E-state index in [4.69, 9.17) is 10.7 Å². The summed E-state index contributed by atoms with van der Waals surface area (Å²) >= 11 is 0. The van der Waals surface area contributed by atoms with Crippen molar-refractivity contribution in [2.45, 2.75) is 44.4 Å². The van der Waals surface area contributed by atoms with Gasteiger partial charge in [0.25, 0.3) is 0 Å². The second kappa shape index (κ2) is 7.65. The minimum absolute atomic E-state index is 0.248. The van der Waals surface area contributed by atoms with Crippen molar-refractivity contribution in [1.29, 1.82) is 0 Å². The van der Waals surface area contributed by atoms with Crippen molar-refractivity contribution in [2.75, 3.05) is 18.8 Å². The number of hydrogen-bond acceptors (Lipinski definition) is 4. The van der Waals surface area contributed by atoms with E-state index in [0.29, 0.717) is 11.7 Å². The monoisotopic (exact) mass is 428 g/mol. The summed E-state index contributed by atoms with van der Waals surface area (Å²) in [5.41, 5.74) is 8.28. The van der Waals surface area contributed by atoms with Gasteiger partial charge in [0.05, 0.1) is 5.52 Å². The number of carbonyl (C=O) groups excluding carboxylic acids is 1. The van der Waals surface area contributed by atoms with Crippen LogP contribution in [0.25, 0.3) is 22.2 Å². The number of piperidine rings is 1. The topological polar surface area (TPSA) is 81.4 Å². The maximum atomic E-state index is 12.9. The summed E-state index contributed by atoms with van der Waals surface area (Å²) in [6.45, 7) is 1.61. The van der Waals surface area contributed by atoms with Crippen LogP contribution in [0.4, 0.5) is 5.82 Å². The summed E-state index contributed by atoms with van der Waals surface area (Å²) in [6, 6.07) is 10.4. The molecule has 1 amide bonds. The van der Waals surface area contributed by atoms with Crippen molar-refractivity contribution in [2.24, 2.45) is 5.92 Å². The molecule has 7 nitrogen and oxygen atoms in total. The molecule has 164 valence electrons. The SMILES string of the molecule is Nc1nccn2c(C3CCN(C(=O)C4CCCC4)CC3)nc(-n3ccc4ccccc43)c12. The highest BCUT2D eigenvalue weighted by molar-refractivity contribution is 5.85. The molecule has 2 fully saturated rings. The van der Waals surface area contributed by atoms with Crippen molar-refractivity contribution in [3.05, 3.63) is 54.7 Å². The molecule has 3 aromatic heterocycles. The van der Waals surface area contributed by atoms with Gasteiger partial charge in [0.1, 0.15) is 11.3 Å². The molecule has 0 spiro atoms. The fourth-order valence-electron chi connectivity index (χ4n) is 5.58. The third kappa shape index (κ3) is 3.06. The molecule has 2 aliphatic rings. The predicted molar refractivity (Wildman–Crippen MR) is 125 cm³/mol. The number of fused-ring (bicyclic) bond motifs is 2. The van der Waals surface area contributed by atoms with Crippen molar-refractivity contribution < 1.29 is 4.79 Å². The van der Waals surface area contributed by atoms with Crippen molar-refractivity contribution in [3.63, 3.8) is 0 Å². The quantitative estimate of drug-likeness (QED) is 0.531. The van der Waals surface area contributed by atoms with Gasteiger partial charge >= 0.3 is 0 Å². The maximum absolute atomic E-state index is 12.9. The second-order valence-corrected chi connectivity index (χ2v) is 9.15. The van der Waals surface area contributed by atoms with E-state index in [1.54, 1.807) is 6.20 Å². The van der Waals surface area contributed by atoms with Gasteiger partial charge < -0.3 is 10.6 Å². The molecule has 1 saturated heterocycles. The Morgan fingerprint density at radius 1 is 1.00 bits per heavy atom. The average Bonchev–Trinajstić information content (AvgIpc) is 3.57. The largest absolute Gasteiger partial charge is 0.382 e. The molecule has 1 saturated carbocycles. The average molecular weight is 429 g/mol. The zero-order valence-electron chi connectivity index (χ0n) is 18.2. The summed E-state index contributed by atoms with van der Waals surface area (Å²) < 4.78 is 4.20. The number of nitrogen functional groups attached to an aromatic ring is 1. The molecule has 0 radical (unpaired) electrons. The smallest absolute Gasteiger partial charge is 0.225 e. The molecule has 0 unspecified atom stereocenters. The zero-order chi connectivity index (χ0) is 21.7. The molecule has 6 rings (SSSR count). The highest BCUT2D eigenvalue weighted by Gasteiger charge is 2.32. The molecule has 1 aromatic carbocycles. The van der Waals surface area contributed by atoms with Crippen molar-refractivity contribution in [3.8, 4) is 5.82 Å². The lowest BCUT2D eigenvalue weighted by Gasteiger charge is -2.33. The number of imidazole rings is 1. The first kappa shape index (κ1) is 19.3. The van der Waals surface area contributed by atoms with Gasteiger partial charge in [-0.1, -0.05) is 31.0 Å². The van der Waals surface area contributed by atoms with Gasteiger partial charge in [0.15, 0.2) is 11.6 Å². The van der Waals surface area contributed by atoms with Gasteiger partial charge in [-0.25, -0.2) is 9.97 Å². The number of rotatable bonds is 3. The maximum Gasteiger partial charge on any atom is 0.225 e. The highest BCUT2D eigenvalue weighted by atomic mass is 16.2. The summed E-state index contributed by atoms with van der Waals surface area (Å²) in [5.74, 6) is 3.20. The van der Waals surface area contributed by atoms with Gasteiger partial charge in [-0.05, 0) is 43.2 Å². The zero-order valence-corrected chi connectivity index (χ0v) is 18.2. The van der Waals surface area contributed by atoms with Gasteiger partial charge in [-0.2, -0.15) is 0 Å². The predicted octanol–water partition coefficient (Wildman–Crippen LogP) is 4.15. The fourth-order valence-corrected chi connectivity index (χ4v) is 5.58. The fraction of sp³-hybridized carbons (Fsp3) is 0.400. The van der Waals surface area contributed by atoms with E-state index in [1.807, 2.05) is 24.5 Å². The Hall–Kier alpha value is -3.35. The number of nitrogens with zero attached hydrogens (tertiary/aromatic N) is 5. The number of likely N-dealkylation sites (tertiary alicyclic amines) is 1. The Kier molecular flexibility index (Phi) is 4.63. The van der Waals surface area contributed by atoms with Crippen LogP contribution in [0.3, 0.4) is 0 Å². The van der Waals surface area contributed by atoms with Crippen molar-refractivity contribution in [1.82, 2.24) is 23.8 Å².